The number of fused-ring (bicyclic) bond motifs is 2. The molecule has 0 saturated carbocycles. The van der Waals surface area contributed by atoms with Crippen molar-refractivity contribution in [3.05, 3.63) is 41.2 Å². The summed E-state index contributed by atoms with van der Waals surface area (Å²) in [5.74, 6) is 2.39. The number of hydrogen-bond donors (Lipinski definition) is 0. The number of nitrogens with zero attached hydrogens (tertiary/aromatic N) is 3. The fourth-order valence-corrected chi connectivity index (χ4v) is 4.51. The summed E-state index contributed by atoms with van der Waals surface area (Å²) in [7, 11) is 5.07. The molecule has 30 heavy (non-hydrogen) atoms. The lowest BCUT2D eigenvalue weighted by molar-refractivity contribution is -0.0274. The van der Waals surface area contributed by atoms with E-state index in [9.17, 15) is 0 Å². The Labute approximate surface area is 176 Å². The predicted octanol–water partition coefficient (Wildman–Crippen LogP) is 4.11. The van der Waals surface area contributed by atoms with Crippen molar-refractivity contribution in [2.75, 3.05) is 21.3 Å². The monoisotopic (exact) mass is 411 g/mol. The van der Waals surface area contributed by atoms with Crippen molar-refractivity contribution < 1.29 is 18.9 Å². The van der Waals surface area contributed by atoms with Crippen molar-refractivity contribution in [2.24, 2.45) is 0 Å². The number of ether oxygens (including phenoxy) is 4. The summed E-state index contributed by atoms with van der Waals surface area (Å²) in [4.78, 5) is 0. The van der Waals surface area contributed by atoms with Gasteiger partial charge in [-0.2, -0.15) is 0 Å². The lowest BCUT2D eigenvalue weighted by Crippen LogP contribution is -2.30. The zero-order chi connectivity index (χ0) is 21.3. The van der Waals surface area contributed by atoms with Gasteiger partial charge in [-0.3, -0.25) is 0 Å². The van der Waals surface area contributed by atoms with Crippen molar-refractivity contribution in [1.82, 2.24) is 15.0 Å². The molecule has 0 bridgehead atoms. The van der Waals surface area contributed by atoms with Gasteiger partial charge in [-0.05, 0) is 19.4 Å². The van der Waals surface area contributed by atoms with Crippen molar-refractivity contribution >= 4 is 10.8 Å². The second-order valence-electron chi connectivity index (χ2n) is 7.63. The third-order valence-electron chi connectivity index (χ3n) is 5.69. The lowest BCUT2D eigenvalue weighted by atomic mass is 9.89. The molecule has 0 amide bonds. The van der Waals surface area contributed by atoms with E-state index in [-0.39, 0.29) is 12.2 Å². The van der Waals surface area contributed by atoms with Gasteiger partial charge in [0.15, 0.2) is 0 Å². The van der Waals surface area contributed by atoms with Crippen LogP contribution in [0.2, 0.25) is 0 Å². The van der Waals surface area contributed by atoms with Crippen LogP contribution in [0.4, 0.5) is 0 Å². The van der Waals surface area contributed by atoms with Gasteiger partial charge in [0.05, 0.1) is 51.2 Å². The molecule has 0 unspecified atom stereocenters. The number of aromatic nitrogens is 3. The Hall–Kier alpha value is -2.80. The first-order valence-corrected chi connectivity index (χ1v) is 10.4. The average Bonchev–Trinajstić information content (AvgIpc) is 3.18. The zero-order valence-corrected chi connectivity index (χ0v) is 18.3. The molecule has 0 fully saturated rings. The number of methoxy groups -OCH3 is 3. The predicted molar refractivity (Wildman–Crippen MR) is 115 cm³/mol. The van der Waals surface area contributed by atoms with Gasteiger partial charge in [0.2, 0.25) is 0 Å². The Morgan fingerprint density at radius 1 is 1.13 bits per heavy atom. The quantitative estimate of drug-likeness (QED) is 0.583. The van der Waals surface area contributed by atoms with Gasteiger partial charge in [0, 0.05) is 29.1 Å². The summed E-state index contributed by atoms with van der Waals surface area (Å²) in [5.41, 5.74) is 3.15. The maximum atomic E-state index is 6.39. The van der Waals surface area contributed by atoms with E-state index in [1.807, 2.05) is 29.1 Å². The van der Waals surface area contributed by atoms with Crippen molar-refractivity contribution in [1.29, 1.82) is 0 Å². The standard InChI is InChI=1S/C23H29N3O4/c1-6-8-15-12-26(25-24-15)13-16-11-18-20(14(2)30-16)23(29-5)21-17(22(18)28-4)9-7-10-19(21)27-3/h7,9-10,12,14,16H,6,8,11,13H2,1-5H3/t14-,16-/m1/s1. The van der Waals surface area contributed by atoms with Crippen molar-refractivity contribution in [3.8, 4) is 17.2 Å². The third kappa shape index (κ3) is 3.47. The van der Waals surface area contributed by atoms with Crippen molar-refractivity contribution in [2.45, 2.75) is 51.9 Å². The Morgan fingerprint density at radius 3 is 2.63 bits per heavy atom. The molecule has 2 aromatic carbocycles. The van der Waals surface area contributed by atoms with E-state index in [0.717, 1.165) is 57.7 Å². The van der Waals surface area contributed by atoms with Gasteiger partial charge in [-0.25, -0.2) is 4.68 Å². The van der Waals surface area contributed by atoms with Gasteiger partial charge in [0.25, 0.3) is 0 Å². The molecule has 2 heterocycles. The van der Waals surface area contributed by atoms with Crippen LogP contribution < -0.4 is 14.2 Å². The number of rotatable bonds is 7. The highest BCUT2D eigenvalue weighted by atomic mass is 16.5. The highest BCUT2D eigenvalue weighted by Crippen LogP contribution is 2.50. The smallest absolute Gasteiger partial charge is 0.136 e. The van der Waals surface area contributed by atoms with Gasteiger partial charge < -0.3 is 18.9 Å². The first kappa shape index (κ1) is 20.5. The Morgan fingerprint density at radius 2 is 1.93 bits per heavy atom. The second-order valence-corrected chi connectivity index (χ2v) is 7.63. The minimum absolute atomic E-state index is 0.0367. The van der Waals surface area contributed by atoms with Crippen LogP contribution in [0.25, 0.3) is 10.8 Å². The minimum Gasteiger partial charge on any atom is -0.496 e. The number of hydrogen-bond acceptors (Lipinski definition) is 6. The molecular weight excluding hydrogens is 382 g/mol. The normalized spacial score (nSPS) is 18.3. The van der Waals surface area contributed by atoms with Gasteiger partial charge in [-0.1, -0.05) is 30.7 Å². The molecule has 0 saturated heterocycles. The van der Waals surface area contributed by atoms with Crippen LogP contribution in [0.15, 0.2) is 24.4 Å². The van der Waals surface area contributed by atoms with Crippen LogP contribution in [-0.2, 0) is 24.1 Å². The highest BCUT2D eigenvalue weighted by molar-refractivity contribution is 6.00. The van der Waals surface area contributed by atoms with E-state index in [1.54, 1.807) is 21.3 Å². The van der Waals surface area contributed by atoms with Crippen LogP contribution in [0.3, 0.4) is 0 Å². The topological polar surface area (TPSA) is 67.6 Å². The molecule has 7 nitrogen and oxygen atoms in total. The van der Waals surface area contributed by atoms with E-state index in [0.29, 0.717) is 13.0 Å². The Kier molecular flexibility index (Phi) is 5.81. The largest absolute Gasteiger partial charge is 0.496 e. The van der Waals surface area contributed by atoms with Crippen LogP contribution in [0, 0.1) is 0 Å². The molecule has 1 aromatic heterocycles. The van der Waals surface area contributed by atoms with Crippen LogP contribution in [0.1, 0.15) is 43.2 Å². The van der Waals surface area contributed by atoms with Crippen LogP contribution in [-0.4, -0.2) is 42.4 Å². The second kappa shape index (κ2) is 8.52. The van der Waals surface area contributed by atoms with Crippen LogP contribution >= 0.6 is 0 Å². The first-order valence-electron chi connectivity index (χ1n) is 10.4. The first-order chi connectivity index (χ1) is 14.6. The molecule has 1 aliphatic heterocycles. The summed E-state index contributed by atoms with van der Waals surface area (Å²) in [5, 5.41) is 10.4. The highest BCUT2D eigenvalue weighted by Gasteiger charge is 2.33. The van der Waals surface area contributed by atoms with Gasteiger partial charge in [-0.15, -0.1) is 5.10 Å². The summed E-state index contributed by atoms with van der Waals surface area (Å²) in [6.07, 6.45) is 4.51. The van der Waals surface area contributed by atoms with E-state index >= 15 is 0 Å². The number of benzene rings is 2. The molecule has 2 atom stereocenters. The van der Waals surface area contributed by atoms with E-state index in [4.69, 9.17) is 18.9 Å². The molecular formula is C23H29N3O4. The summed E-state index contributed by atoms with van der Waals surface area (Å²) < 4.78 is 25.7. The SMILES string of the molecule is CCCc1cn(C[C@H]2Cc3c(c(OC)c4c(OC)cccc4c3OC)[C@@H](C)O2)nn1. The number of aryl methyl sites for hydroxylation is 1. The maximum Gasteiger partial charge on any atom is 0.136 e. The molecule has 160 valence electrons. The lowest BCUT2D eigenvalue weighted by Gasteiger charge is -2.33. The fourth-order valence-electron chi connectivity index (χ4n) is 4.51. The summed E-state index contributed by atoms with van der Waals surface area (Å²) in [6.45, 7) is 4.83. The molecule has 4 rings (SSSR count). The molecule has 0 aliphatic carbocycles. The fraction of sp³-hybridized carbons (Fsp3) is 0.478. The summed E-state index contributed by atoms with van der Waals surface area (Å²) >= 11 is 0. The molecule has 1 aliphatic rings. The van der Waals surface area contributed by atoms with Gasteiger partial charge >= 0.3 is 0 Å². The summed E-state index contributed by atoms with van der Waals surface area (Å²) in [6, 6.07) is 5.95. The van der Waals surface area contributed by atoms with E-state index in [1.165, 1.54) is 0 Å². The van der Waals surface area contributed by atoms with E-state index in [2.05, 4.69) is 24.2 Å². The van der Waals surface area contributed by atoms with Gasteiger partial charge in [0.1, 0.15) is 17.2 Å². The van der Waals surface area contributed by atoms with Crippen molar-refractivity contribution in [3.63, 3.8) is 0 Å². The Balaban J connectivity index is 1.78. The Bertz CT molecular complexity index is 1050. The van der Waals surface area contributed by atoms with E-state index < -0.39 is 0 Å². The molecule has 0 radical (unpaired) electrons. The van der Waals surface area contributed by atoms with Crippen LogP contribution in [0.5, 0.6) is 17.2 Å². The average molecular weight is 412 g/mol. The molecule has 3 aromatic rings. The molecule has 0 spiro atoms. The molecule has 0 N–H and O–H groups in total. The maximum absolute atomic E-state index is 6.39. The zero-order valence-electron chi connectivity index (χ0n) is 18.3. The minimum atomic E-state index is -0.157. The third-order valence-corrected chi connectivity index (χ3v) is 5.69. The molecule has 7 heteroatoms.